The maximum absolute atomic E-state index is 13.2. The first kappa shape index (κ1) is 15.9. The van der Waals surface area contributed by atoms with E-state index >= 15 is 0 Å². The Kier molecular flexibility index (Phi) is 5.68. The van der Waals surface area contributed by atoms with Gasteiger partial charge in [-0.05, 0) is 24.6 Å². The van der Waals surface area contributed by atoms with E-state index in [1.807, 2.05) is 0 Å². The number of hydrogen-bond donors (Lipinski definition) is 0. The molecule has 1 atom stereocenters. The van der Waals surface area contributed by atoms with Gasteiger partial charge in [0.25, 0.3) is 0 Å². The molecular weight excluding hydrogens is 269 g/mol. The summed E-state index contributed by atoms with van der Waals surface area (Å²) < 4.78 is 18.3. The highest BCUT2D eigenvalue weighted by Crippen LogP contribution is 2.16. The lowest BCUT2D eigenvalue weighted by atomic mass is 10.1. The fraction of sp³-hybridized carbons (Fsp3) is 0.562. The van der Waals surface area contributed by atoms with Crippen LogP contribution in [0.5, 0.6) is 0 Å². The molecule has 1 aromatic carbocycles. The van der Waals surface area contributed by atoms with E-state index < -0.39 is 0 Å². The van der Waals surface area contributed by atoms with Crippen molar-refractivity contribution < 1.29 is 9.13 Å². The smallest absolute Gasteiger partial charge is 0.124 e. The van der Waals surface area contributed by atoms with Crippen molar-refractivity contribution in [2.75, 3.05) is 39.9 Å². The summed E-state index contributed by atoms with van der Waals surface area (Å²) >= 11 is 0. The van der Waals surface area contributed by atoms with E-state index in [0.717, 1.165) is 38.3 Å². The lowest BCUT2D eigenvalue weighted by Gasteiger charge is -2.39. The molecule has 114 valence electrons. The Hall–Kier alpha value is -1.48. The predicted molar refractivity (Wildman–Crippen MR) is 79.3 cm³/mol. The second-order valence-corrected chi connectivity index (χ2v) is 5.53. The molecule has 1 aliphatic rings. The van der Waals surface area contributed by atoms with E-state index in [4.69, 9.17) is 10.00 Å². The average Bonchev–Trinajstić information content (AvgIpc) is 2.48. The van der Waals surface area contributed by atoms with Gasteiger partial charge in [0.2, 0.25) is 0 Å². The van der Waals surface area contributed by atoms with Gasteiger partial charge < -0.3 is 4.74 Å². The van der Waals surface area contributed by atoms with Crippen molar-refractivity contribution in [3.63, 3.8) is 0 Å². The Balaban J connectivity index is 1.95. The topological polar surface area (TPSA) is 39.5 Å². The zero-order valence-corrected chi connectivity index (χ0v) is 12.7. The normalized spacial score (nSPS) is 20.4. The maximum atomic E-state index is 13.2. The summed E-state index contributed by atoms with van der Waals surface area (Å²) in [5.41, 5.74) is 1.33. The molecule has 0 aliphatic carbocycles. The predicted octanol–water partition coefficient (Wildman–Crippen LogP) is 1.85. The minimum Gasteiger partial charge on any atom is -0.383 e. The van der Waals surface area contributed by atoms with E-state index in [2.05, 4.69) is 22.8 Å². The molecule has 1 heterocycles. The summed E-state index contributed by atoms with van der Waals surface area (Å²) in [6.07, 6.45) is 0. The molecule has 1 aliphatic heterocycles. The molecule has 0 saturated carbocycles. The second-order valence-electron chi connectivity index (χ2n) is 5.53. The fourth-order valence-electron chi connectivity index (χ4n) is 2.79. The number of ether oxygens (including phenoxy) is 1. The molecule has 0 radical (unpaired) electrons. The van der Waals surface area contributed by atoms with E-state index in [1.165, 1.54) is 12.1 Å². The molecule has 0 amide bonds. The van der Waals surface area contributed by atoms with Crippen molar-refractivity contribution in [1.82, 2.24) is 9.80 Å². The van der Waals surface area contributed by atoms with Crippen LogP contribution in [0.25, 0.3) is 0 Å². The highest BCUT2D eigenvalue weighted by molar-refractivity contribution is 5.37. The monoisotopic (exact) mass is 291 g/mol. The number of piperazine rings is 1. The summed E-state index contributed by atoms with van der Waals surface area (Å²) in [7, 11) is 1.72. The zero-order chi connectivity index (χ0) is 15.2. The van der Waals surface area contributed by atoms with Crippen LogP contribution in [-0.4, -0.2) is 55.7 Å². The van der Waals surface area contributed by atoms with Crippen molar-refractivity contribution in [2.45, 2.75) is 19.5 Å². The third-order valence-electron chi connectivity index (χ3n) is 4.02. The SMILES string of the molecule is COCCN1CCN(Cc2ccc(F)cc2C#N)C[C@H]1C. The minimum absolute atomic E-state index is 0.354. The van der Waals surface area contributed by atoms with Crippen LogP contribution in [0.15, 0.2) is 18.2 Å². The van der Waals surface area contributed by atoms with Crippen molar-refractivity contribution in [1.29, 1.82) is 5.26 Å². The molecule has 1 saturated heterocycles. The first-order valence-electron chi connectivity index (χ1n) is 7.28. The molecule has 5 heteroatoms. The van der Waals surface area contributed by atoms with Crippen LogP contribution in [0.4, 0.5) is 4.39 Å². The van der Waals surface area contributed by atoms with Crippen molar-refractivity contribution in [3.05, 3.63) is 35.1 Å². The molecule has 0 spiro atoms. The van der Waals surface area contributed by atoms with Gasteiger partial charge in [-0.15, -0.1) is 0 Å². The molecule has 21 heavy (non-hydrogen) atoms. The van der Waals surface area contributed by atoms with Gasteiger partial charge in [-0.3, -0.25) is 9.80 Å². The lowest BCUT2D eigenvalue weighted by molar-refractivity contribution is 0.0557. The Labute approximate surface area is 125 Å². The minimum atomic E-state index is -0.354. The van der Waals surface area contributed by atoms with Crippen LogP contribution in [0.3, 0.4) is 0 Å². The standard InChI is InChI=1S/C16H22FN3O/c1-13-11-19(5-6-20(13)7-8-21-2)12-14-3-4-16(17)9-15(14)10-18/h3-4,9,13H,5-8,11-12H2,1-2H3/t13-/m1/s1. The second kappa shape index (κ2) is 7.51. The number of methoxy groups -OCH3 is 1. The molecule has 0 unspecified atom stereocenters. The molecule has 1 fully saturated rings. The van der Waals surface area contributed by atoms with Crippen LogP contribution in [0, 0.1) is 17.1 Å². The van der Waals surface area contributed by atoms with Crippen molar-refractivity contribution in [2.24, 2.45) is 0 Å². The Morgan fingerprint density at radius 2 is 2.24 bits per heavy atom. The fourth-order valence-corrected chi connectivity index (χ4v) is 2.79. The lowest BCUT2D eigenvalue weighted by Crippen LogP contribution is -2.52. The summed E-state index contributed by atoms with van der Waals surface area (Å²) in [5, 5.41) is 9.11. The third kappa shape index (κ3) is 4.24. The Bertz CT molecular complexity index is 515. The number of rotatable bonds is 5. The summed E-state index contributed by atoms with van der Waals surface area (Å²) in [5.74, 6) is -0.354. The highest BCUT2D eigenvalue weighted by Gasteiger charge is 2.23. The summed E-state index contributed by atoms with van der Waals surface area (Å²) in [4.78, 5) is 4.73. The van der Waals surface area contributed by atoms with Gasteiger partial charge in [0.1, 0.15) is 5.82 Å². The van der Waals surface area contributed by atoms with E-state index in [9.17, 15) is 4.39 Å². The van der Waals surface area contributed by atoms with Crippen molar-refractivity contribution in [3.8, 4) is 6.07 Å². The maximum Gasteiger partial charge on any atom is 0.124 e. The number of nitrogens with zero attached hydrogens (tertiary/aromatic N) is 3. The number of halogens is 1. The van der Waals surface area contributed by atoms with Gasteiger partial charge in [-0.1, -0.05) is 6.07 Å². The van der Waals surface area contributed by atoms with Crippen LogP contribution < -0.4 is 0 Å². The first-order valence-corrected chi connectivity index (χ1v) is 7.28. The molecule has 0 bridgehead atoms. The molecule has 0 N–H and O–H groups in total. The molecule has 0 aromatic heterocycles. The quantitative estimate of drug-likeness (QED) is 0.830. The van der Waals surface area contributed by atoms with Gasteiger partial charge in [0, 0.05) is 45.9 Å². The van der Waals surface area contributed by atoms with Gasteiger partial charge in [-0.2, -0.15) is 5.26 Å². The molecule has 4 nitrogen and oxygen atoms in total. The number of benzene rings is 1. The van der Waals surface area contributed by atoms with Gasteiger partial charge >= 0.3 is 0 Å². The molecule has 1 aromatic rings. The van der Waals surface area contributed by atoms with E-state index in [-0.39, 0.29) is 5.82 Å². The highest BCUT2D eigenvalue weighted by atomic mass is 19.1. The molecular formula is C16H22FN3O. The zero-order valence-electron chi connectivity index (χ0n) is 12.7. The van der Waals surface area contributed by atoms with Crippen LogP contribution in [0.2, 0.25) is 0 Å². The van der Waals surface area contributed by atoms with E-state index in [1.54, 1.807) is 13.2 Å². The summed E-state index contributed by atoms with van der Waals surface area (Å²) in [6, 6.07) is 6.99. The first-order chi connectivity index (χ1) is 10.1. The number of hydrogen-bond acceptors (Lipinski definition) is 4. The van der Waals surface area contributed by atoms with Gasteiger partial charge in [0.15, 0.2) is 0 Å². The van der Waals surface area contributed by atoms with Gasteiger partial charge in [-0.25, -0.2) is 4.39 Å². The Morgan fingerprint density at radius 3 is 2.90 bits per heavy atom. The van der Waals surface area contributed by atoms with Crippen LogP contribution in [0.1, 0.15) is 18.1 Å². The Morgan fingerprint density at radius 1 is 1.43 bits per heavy atom. The summed E-state index contributed by atoms with van der Waals surface area (Å²) in [6.45, 7) is 7.51. The third-order valence-corrected chi connectivity index (χ3v) is 4.02. The van der Waals surface area contributed by atoms with E-state index in [0.29, 0.717) is 18.2 Å². The number of nitriles is 1. The van der Waals surface area contributed by atoms with Gasteiger partial charge in [0.05, 0.1) is 18.2 Å². The largest absolute Gasteiger partial charge is 0.383 e. The van der Waals surface area contributed by atoms with Crippen LogP contribution >= 0.6 is 0 Å². The van der Waals surface area contributed by atoms with Crippen molar-refractivity contribution >= 4 is 0 Å². The van der Waals surface area contributed by atoms with Crippen LogP contribution in [-0.2, 0) is 11.3 Å². The molecule has 2 rings (SSSR count). The average molecular weight is 291 g/mol.